The summed E-state index contributed by atoms with van der Waals surface area (Å²) >= 11 is 6.01. The fourth-order valence-corrected chi connectivity index (χ4v) is 8.94. The van der Waals surface area contributed by atoms with Crippen molar-refractivity contribution in [2.75, 3.05) is 13.1 Å². The molecule has 8 atom stereocenters. The molecule has 0 bridgehead atoms. The summed E-state index contributed by atoms with van der Waals surface area (Å²) in [5, 5.41) is 23.3. The van der Waals surface area contributed by atoms with Gasteiger partial charge in [-0.15, -0.1) is 0 Å². The molecule has 430 valence electrons. The second kappa shape index (κ2) is 30.9. The zero-order valence-electron chi connectivity index (χ0n) is 45.6. The molecule has 5 rings (SSSR count). The highest BCUT2D eigenvalue weighted by atomic mass is 35.5. The van der Waals surface area contributed by atoms with E-state index in [1.165, 1.54) is 19.4 Å². The summed E-state index contributed by atoms with van der Waals surface area (Å²) in [5.74, 6) is -6.79. The summed E-state index contributed by atoms with van der Waals surface area (Å²) in [6.07, 6.45) is 4.98. The quantitative estimate of drug-likeness (QED) is 0.0282. The monoisotopic (exact) mass is 1120 g/mol. The van der Waals surface area contributed by atoms with Gasteiger partial charge in [0.1, 0.15) is 30.2 Å². The number of aromatic nitrogens is 3. The van der Waals surface area contributed by atoms with Crippen LogP contribution in [0.25, 0.3) is 10.9 Å². The first-order chi connectivity index (χ1) is 38.1. The molecule has 2 heterocycles. The number of amides is 9. The Kier molecular flexibility index (Phi) is 24.2. The number of nitrogens with zero attached hydrogens (tertiary/aromatic N) is 1. The molecule has 0 aliphatic carbocycles. The number of hydrogen-bond acceptors (Lipinski definition) is 12. The topological polar surface area (TPSA) is 372 Å². The molecule has 2 aromatic heterocycles. The van der Waals surface area contributed by atoms with Gasteiger partial charge in [0.15, 0.2) is 0 Å². The molecule has 0 radical (unpaired) electrons. The maximum Gasteiger partial charge on any atom is 0.243 e. The number of imidazole rings is 1. The summed E-state index contributed by atoms with van der Waals surface area (Å²) in [4.78, 5) is 131. The summed E-state index contributed by atoms with van der Waals surface area (Å²) in [6, 6.07) is 14.7. The van der Waals surface area contributed by atoms with E-state index < -0.39 is 114 Å². The van der Waals surface area contributed by atoms with Crippen LogP contribution in [0.1, 0.15) is 76.3 Å². The number of hydrogen-bond donors (Lipinski definition) is 13. The van der Waals surface area contributed by atoms with E-state index in [9.17, 15) is 43.2 Å². The number of nitrogens with two attached hydrogens (primary N) is 3. The second-order valence-electron chi connectivity index (χ2n) is 20.6. The molecular formula is C56H75ClN14O9. The Labute approximate surface area is 469 Å². The molecule has 0 aliphatic heterocycles. The molecule has 0 unspecified atom stereocenters. The van der Waals surface area contributed by atoms with E-state index in [4.69, 9.17) is 28.8 Å². The van der Waals surface area contributed by atoms with Crippen LogP contribution in [0.3, 0.4) is 0 Å². The molecule has 0 fully saturated rings. The Bertz CT molecular complexity index is 2880. The Hall–Kier alpha value is -8.15. The van der Waals surface area contributed by atoms with Crippen LogP contribution < -0.4 is 59.7 Å². The lowest BCUT2D eigenvalue weighted by Gasteiger charge is -2.27. The van der Waals surface area contributed by atoms with Crippen LogP contribution in [0.15, 0.2) is 97.6 Å². The number of para-hydroxylation sites is 1. The van der Waals surface area contributed by atoms with Crippen LogP contribution in [-0.4, -0.2) is 130 Å². The number of halogens is 1. The maximum absolute atomic E-state index is 14.2. The Morgan fingerprint density at radius 1 is 0.625 bits per heavy atom. The van der Waals surface area contributed by atoms with Gasteiger partial charge in [-0.1, -0.05) is 100.0 Å². The number of H-pyrrole nitrogens is 2. The van der Waals surface area contributed by atoms with Crippen LogP contribution in [0.2, 0.25) is 5.02 Å². The van der Waals surface area contributed by atoms with Gasteiger partial charge >= 0.3 is 0 Å². The molecule has 9 amide bonds. The van der Waals surface area contributed by atoms with Gasteiger partial charge in [-0.2, -0.15) is 0 Å². The van der Waals surface area contributed by atoms with Gasteiger partial charge in [0.05, 0.1) is 25.0 Å². The maximum atomic E-state index is 14.2. The Morgan fingerprint density at radius 2 is 1.26 bits per heavy atom. The van der Waals surface area contributed by atoms with Crippen molar-refractivity contribution in [3.8, 4) is 0 Å². The number of primary amides is 2. The minimum absolute atomic E-state index is 0.0127. The third kappa shape index (κ3) is 20.3. The first-order valence-electron chi connectivity index (χ1n) is 26.5. The van der Waals surface area contributed by atoms with Crippen LogP contribution in [0.4, 0.5) is 0 Å². The minimum atomic E-state index is -1.36. The molecule has 0 spiro atoms. The molecule has 80 heavy (non-hydrogen) atoms. The molecule has 16 N–H and O–H groups in total. The molecule has 0 saturated heterocycles. The van der Waals surface area contributed by atoms with E-state index in [-0.39, 0.29) is 44.6 Å². The van der Waals surface area contributed by atoms with E-state index >= 15 is 0 Å². The van der Waals surface area contributed by atoms with Gasteiger partial charge < -0.3 is 69.7 Å². The average molecular weight is 1120 g/mol. The predicted molar refractivity (Wildman–Crippen MR) is 302 cm³/mol. The lowest BCUT2D eigenvalue weighted by Crippen LogP contribution is -2.59. The van der Waals surface area contributed by atoms with Crippen molar-refractivity contribution in [3.05, 3.63) is 125 Å². The van der Waals surface area contributed by atoms with E-state index in [1.807, 2.05) is 62.4 Å². The van der Waals surface area contributed by atoms with Crippen molar-refractivity contribution in [1.82, 2.24) is 57.5 Å². The number of carbonyl (C=O) groups is 9. The van der Waals surface area contributed by atoms with E-state index in [2.05, 4.69) is 57.5 Å². The fraction of sp³-hybridized carbons (Fsp3) is 0.429. The van der Waals surface area contributed by atoms with Crippen molar-refractivity contribution in [2.45, 2.75) is 128 Å². The fourth-order valence-electron chi connectivity index (χ4n) is 8.82. The highest BCUT2D eigenvalue weighted by Crippen LogP contribution is 2.20. The molecule has 23 nitrogen and oxygen atoms in total. The predicted octanol–water partition coefficient (Wildman–Crippen LogP) is 0.598. The van der Waals surface area contributed by atoms with Gasteiger partial charge in [0.2, 0.25) is 53.2 Å². The summed E-state index contributed by atoms with van der Waals surface area (Å²) in [5.41, 5.74) is 21.0. The molecule has 0 aliphatic rings. The first-order valence-corrected chi connectivity index (χ1v) is 26.9. The number of nitrogens with one attached hydrogen (secondary N) is 10. The summed E-state index contributed by atoms with van der Waals surface area (Å²) < 4.78 is 0. The summed E-state index contributed by atoms with van der Waals surface area (Å²) in [7, 11) is 0. The minimum Gasteiger partial charge on any atom is -0.370 e. The van der Waals surface area contributed by atoms with Crippen LogP contribution in [0, 0.1) is 11.8 Å². The zero-order valence-corrected chi connectivity index (χ0v) is 46.4. The standard InChI is InChI=1S/C56H75ClN14O9/c1-31(2)21-39(28-63-44(50(60)74)23-34-11-7-6-8-12-34)67-55(79)46(25-38-27-61-30-65-38)68-48(73)29-64-56(80)49(32(3)4)71-51(75)33(5)66-54(78)45(24-36-26-62-42-14-10-9-13-40(36)42)70-53(77)43(19-20-47(59)72)69-52(76)41(58)22-35-15-17-37(57)18-16-35/h6-18,26-27,30-33,39,41,43-46,49,62-63H,19-25,28-29,58H2,1-5H3,(H2,59,72)(H2,60,74)(H,61,65)(H,64,80)(H,66,78)(H,67,79)(H,68,73)(H,69,76)(H,70,77)(H,71,75)/t33-,39-,41+,43-,44-,45-,46-,49-/m0/s1. The van der Waals surface area contributed by atoms with Crippen molar-refractivity contribution >= 4 is 75.7 Å². The van der Waals surface area contributed by atoms with Crippen LogP contribution in [0.5, 0.6) is 0 Å². The highest BCUT2D eigenvalue weighted by Gasteiger charge is 2.33. The molecule has 0 saturated carbocycles. The molecular weight excluding hydrogens is 1050 g/mol. The molecule has 24 heteroatoms. The van der Waals surface area contributed by atoms with Crippen molar-refractivity contribution < 1.29 is 43.2 Å². The van der Waals surface area contributed by atoms with Crippen LogP contribution in [-0.2, 0) is 68.8 Å². The third-order valence-electron chi connectivity index (χ3n) is 13.1. The highest BCUT2D eigenvalue weighted by molar-refractivity contribution is 6.30. The Balaban J connectivity index is 1.23. The molecule has 5 aromatic rings. The average Bonchev–Trinajstić information content (AvgIpc) is 4.10. The van der Waals surface area contributed by atoms with E-state index in [0.717, 1.165) is 16.5 Å². The SMILES string of the molecule is CC(C)C[C@@H](CN[C@@H](Cc1ccccc1)C(N)=O)NC(=O)[C@H](Cc1cnc[nH]1)NC(=O)CNC(=O)[C@@H](NC(=O)[C@H](C)NC(=O)[C@H](Cc1c[nH]c2ccccc12)NC(=O)[C@H](CCC(N)=O)NC(=O)[C@H](N)Cc1ccc(Cl)cc1)C(C)C. The number of benzene rings is 3. The third-order valence-corrected chi connectivity index (χ3v) is 13.4. The first kappa shape index (κ1) is 62.7. The van der Waals surface area contributed by atoms with Crippen molar-refractivity contribution in [2.24, 2.45) is 29.0 Å². The van der Waals surface area contributed by atoms with E-state index in [1.54, 1.807) is 50.4 Å². The smallest absolute Gasteiger partial charge is 0.243 e. The number of aromatic amines is 2. The van der Waals surface area contributed by atoms with Crippen molar-refractivity contribution in [3.63, 3.8) is 0 Å². The van der Waals surface area contributed by atoms with Gasteiger partial charge in [-0.3, -0.25) is 43.2 Å². The van der Waals surface area contributed by atoms with Crippen LogP contribution >= 0.6 is 11.6 Å². The number of carbonyl (C=O) groups excluding carboxylic acids is 9. The molecule has 3 aromatic carbocycles. The van der Waals surface area contributed by atoms with Gasteiger partial charge in [0, 0.05) is 65.9 Å². The number of fused-ring (bicyclic) bond motifs is 1. The second-order valence-corrected chi connectivity index (χ2v) is 21.0. The van der Waals surface area contributed by atoms with Gasteiger partial charge in [-0.05, 0) is 79.3 Å². The number of rotatable bonds is 32. The normalized spacial score (nSPS) is 14.3. The van der Waals surface area contributed by atoms with E-state index in [0.29, 0.717) is 34.7 Å². The Morgan fingerprint density at radius 3 is 1.91 bits per heavy atom. The lowest BCUT2D eigenvalue weighted by atomic mass is 10.0. The summed E-state index contributed by atoms with van der Waals surface area (Å²) in [6.45, 7) is 8.29. The largest absolute Gasteiger partial charge is 0.370 e. The van der Waals surface area contributed by atoms with Gasteiger partial charge in [0.25, 0.3) is 0 Å². The van der Waals surface area contributed by atoms with Gasteiger partial charge in [-0.25, -0.2) is 4.98 Å². The van der Waals surface area contributed by atoms with Crippen molar-refractivity contribution in [1.29, 1.82) is 0 Å². The lowest BCUT2D eigenvalue weighted by molar-refractivity contribution is -0.135. The zero-order chi connectivity index (χ0) is 58.5.